The largest absolute Gasteiger partial charge is 1.00 e. The second kappa shape index (κ2) is 39.4. The molecule has 0 radical (unpaired) electrons. The molecule has 0 saturated carbocycles. The average molecular weight is 733 g/mol. The van der Waals surface area contributed by atoms with Crippen LogP contribution in [0, 0.1) is 0 Å². The third kappa shape index (κ3) is 34.7. The first-order valence-electron chi connectivity index (χ1n) is 18.7. The number of nitrogens with zero attached hydrogens (tertiary/aromatic N) is 1. The third-order valence-corrected chi connectivity index (χ3v) is 8.68. The lowest BCUT2D eigenvalue weighted by atomic mass is 10.0. The van der Waals surface area contributed by atoms with E-state index in [0.717, 1.165) is 32.4 Å². The van der Waals surface area contributed by atoms with Crippen LogP contribution in [0.5, 0.6) is 0 Å². The number of carbonyl (C=O) groups is 2. The van der Waals surface area contributed by atoms with Crippen LogP contribution in [0.25, 0.3) is 0 Å². The van der Waals surface area contributed by atoms with Crippen molar-refractivity contribution in [2.24, 2.45) is 11.5 Å². The standard InChI is InChI=1S/C35H73N7O2.3ClH/c1-3-5-7-9-11-13-15-16-18-20-22-24-29-42(28-23-21-19-17-14-12-10-8-6-4-2)34(44)32(37)30-41-33(43)31(36)26-25-27-40-35(38)39;;;/h31-32H,3-30,36-37H2,1-2H3,(H,41,43)(H4,38,39,40);3*1H. The summed E-state index contributed by atoms with van der Waals surface area (Å²) in [5.74, 6) is 0.0979. The number of guanidine groups is 1. The number of amides is 2. The number of halogens is 3. The molecule has 0 bridgehead atoms. The second-order valence-corrected chi connectivity index (χ2v) is 13.1. The molecular weight excluding hydrogens is 657 g/mol. The van der Waals surface area contributed by atoms with Crippen molar-refractivity contribution in [2.45, 2.75) is 180 Å². The number of quaternary nitrogens is 2. The van der Waals surface area contributed by atoms with Gasteiger partial charge in [-0.25, -0.2) is 0 Å². The normalized spacial score (nSPS) is 11.7. The molecule has 284 valence electrons. The predicted molar refractivity (Wildman–Crippen MR) is 184 cm³/mol. The highest BCUT2D eigenvalue weighted by Crippen LogP contribution is 2.14. The minimum Gasteiger partial charge on any atom is -1.00 e. The van der Waals surface area contributed by atoms with Crippen LogP contribution in [0.2, 0.25) is 0 Å². The Hall–Kier alpha value is -1.00. The SMILES string of the molecule is CCCCCCCCCCCCCCN(CCCCCCCCCCCC)C(=O)C([NH3+])CNC(=O)C([NH3+])CCC[NH+]=C(N)N.[Cl-].[Cl-].[Cl-]. The van der Waals surface area contributed by atoms with Gasteiger partial charge in [0, 0.05) is 19.5 Å². The maximum Gasteiger partial charge on any atom is 0.338 e. The molecule has 0 fully saturated rings. The second-order valence-electron chi connectivity index (χ2n) is 13.1. The number of rotatable bonds is 32. The molecule has 0 aliphatic carbocycles. The molecule has 2 unspecified atom stereocenters. The molecule has 47 heavy (non-hydrogen) atoms. The van der Waals surface area contributed by atoms with Crippen molar-refractivity contribution >= 4 is 17.8 Å². The summed E-state index contributed by atoms with van der Waals surface area (Å²) in [5, 5.41) is 2.90. The zero-order valence-electron chi connectivity index (χ0n) is 30.4. The first kappa shape index (κ1) is 52.8. The van der Waals surface area contributed by atoms with E-state index < -0.39 is 6.04 Å². The zero-order chi connectivity index (χ0) is 32.7. The van der Waals surface area contributed by atoms with Crippen molar-refractivity contribution in [1.82, 2.24) is 10.2 Å². The number of nitrogens with one attached hydrogen (secondary N) is 2. The maximum atomic E-state index is 13.4. The van der Waals surface area contributed by atoms with Gasteiger partial charge in [-0.1, -0.05) is 142 Å². The maximum absolute atomic E-state index is 13.4. The molecule has 2 atom stereocenters. The molecule has 0 saturated heterocycles. The molecule has 12 heteroatoms. The number of hydrogen-bond acceptors (Lipinski definition) is 2. The number of hydrogen-bond donors (Lipinski definition) is 6. The van der Waals surface area contributed by atoms with Crippen molar-refractivity contribution in [3.63, 3.8) is 0 Å². The molecule has 9 nitrogen and oxygen atoms in total. The van der Waals surface area contributed by atoms with Gasteiger partial charge in [0.15, 0.2) is 12.1 Å². The topological polar surface area (TPSA) is 171 Å². The van der Waals surface area contributed by atoms with Crippen LogP contribution >= 0.6 is 0 Å². The van der Waals surface area contributed by atoms with E-state index in [4.69, 9.17) is 11.5 Å². The summed E-state index contributed by atoms with van der Waals surface area (Å²) in [6, 6.07) is -0.873. The molecule has 0 aliphatic heterocycles. The highest BCUT2D eigenvalue weighted by Gasteiger charge is 2.26. The number of nitrogens with two attached hydrogens (primary N) is 2. The van der Waals surface area contributed by atoms with Gasteiger partial charge in [-0.05, 0) is 19.3 Å². The quantitative estimate of drug-likeness (QED) is 0.0230. The van der Waals surface area contributed by atoms with Crippen LogP contribution in [-0.2, 0) is 9.59 Å². The molecule has 0 spiro atoms. The molecule has 0 aliphatic rings. The third-order valence-electron chi connectivity index (χ3n) is 8.68. The van der Waals surface area contributed by atoms with Crippen LogP contribution in [0.15, 0.2) is 0 Å². The summed E-state index contributed by atoms with van der Waals surface area (Å²) in [6.07, 6.45) is 29.9. The van der Waals surface area contributed by atoms with Crippen molar-refractivity contribution in [3.8, 4) is 0 Å². The van der Waals surface area contributed by atoms with Gasteiger partial charge in [0.25, 0.3) is 11.8 Å². The highest BCUT2D eigenvalue weighted by molar-refractivity contribution is 5.83. The fourth-order valence-electron chi connectivity index (χ4n) is 5.69. The molecule has 0 aromatic carbocycles. The molecule has 0 aromatic rings. The van der Waals surface area contributed by atoms with E-state index in [1.54, 1.807) is 0 Å². The Bertz CT molecular complexity index is 717. The van der Waals surface area contributed by atoms with Gasteiger partial charge in [-0.2, -0.15) is 0 Å². The van der Waals surface area contributed by atoms with E-state index in [1.165, 1.54) is 128 Å². The van der Waals surface area contributed by atoms with Gasteiger partial charge in [-0.15, -0.1) is 0 Å². The molecule has 0 rings (SSSR count). The van der Waals surface area contributed by atoms with E-state index in [-0.39, 0.29) is 67.6 Å². The molecule has 0 heterocycles. The van der Waals surface area contributed by atoms with E-state index >= 15 is 0 Å². The van der Waals surface area contributed by atoms with Gasteiger partial charge in [0.1, 0.15) is 0 Å². The van der Waals surface area contributed by atoms with E-state index in [2.05, 4.69) is 35.6 Å². The Labute approximate surface area is 307 Å². The fraction of sp³-hybridized carbons (Fsp3) is 0.914. The smallest absolute Gasteiger partial charge is 0.338 e. The fourth-order valence-corrected chi connectivity index (χ4v) is 5.69. The van der Waals surface area contributed by atoms with Crippen molar-refractivity contribution in [1.29, 1.82) is 0 Å². The Balaban J connectivity index is -0.00000308. The van der Waals surface area contributed by atoms with Gasteiger partial charge >= 0.3 is 5.96 Å². The lowest BCUT2D eigenvalue weighted by molar-refractivity contribution is -0.463. The lowest BCUT2D eigenvalue weighted by Crippen LogP contribution is -3.00. The van der Waals surface area contributed by atoms with Crippen LogP contribution in [0.4, 0.5) is 0 Å². The van der Waals surface area contributed by atoms with Crippen LogP contribution in [0.3, 0.4) is 0 Å². The number of unbranched alkanes of at least 4 members (excludes halogenated alkanes) is 20. The lowest BCUT2D eigenvalue weighted by Gasteiger charge is -2.25. The Kier molecular flexibility index (Phi) is 44.3. The van der Waals surface area contributed by atoms with E-state index in [0.29, 0.717) is 13.0 Å². The van der Waals surface area contributed by atoms with Crippen LogP contribution in [-0.4, -0.2) is 60.9 Å². The first-order chi connectivity index (χ1) is 21.3. The molecule has 2 amide bonds. The molecular formula is C35H76Cl3N7O2. The molecule has 12 N–H and O–H groups in total. The van der Waals surface area contributed by atoms with Gasteiger partial charge in [0.05, 0.1) is 13.1 Å². The summed E-state index contributed by atoms with van der Waals surface area (Å²) in [5.41, 5.74) is 18.9. The van der Waals surface area contributed by atoms with Gasteiger partial charge < -0.3 is 58.9 Å². The minimum atomic E-state index is -0.486. The average Bonchev–Trinajstić information content (AvgIpc) is 3.01. The van der Waals surface area contributed by atoms with Crippen LogP contribution < -0.4 is 70.5 Å². The summed E-state index contributed by atoms with van der Waals surface area (Å²) < 4.78 is 0. The van der Waals surface area contributed by atoms with Crippen molar-refractivity contribution in [2.75, 3.05) is 26.2 Å². The first-order valence-corrected chi connectivity index (χ1v) is 18.7. The summed E-state index contributed by atoms with van der Waals surface area (Å²) >= 11 is 0. The van der Waals surface area contributed by atoms with Gasteiger partial charge in [0.2, 0.25) is 0 Å². The van der Waals surface area contributed by atoms with Crippen LogP contribution in [0.1, 0.15) is 168 Å². The summed E-state index contributed by atoms with van der Waals surface area (Å²) in [4.78, 5) is 30.8. The summed E-state index contributed by atoms with van der Waals surface area (Å²) in [7, 11) is 0. The Morgan fingerprint density at radius 3 is 1.32 bits per heavy atom. The minimum absolute atomic E-state index is 0. The highest BCUT2D eigenvalue weighted by atomic mass is 35.5. The Morgan fingerprint density at radius 1 is 0.596 bits per heavy atom. The molecule has 0 aromatic heterocycles. The predicted octanol–water partition coefficient (Wildman–Crippen LogP) is -6.08. The zero-order valence-corrected chi connectivity index (χ0v) is 32.7. The van der Waals surface area contributed by atoms with Gasteiger partial charge in [-0.3, -0.25) is 26.0 Å². The Morgan fingerprint density at radius 2 is 0.957 bits per heavy atom. The van der Waals surface area contributed by atoms with E-state index in [9.17, 15) is 9.59 Å². The van der Waals surface area contributed by atoms with E-state index in [1.807, 2.05) is 4.90 Å². The summed E-state index contributed by atoms with van der Waals surface area (Å²) in [6.45, 7) is 6.97. The monoisotopic (exact) mass is 732 g/mol. The van der Waals surface area contributed by atoms with Crippen molar-refractivity contribution in [3.05, 3.63) is 0 Å². The number of carbonyl (C=O) groups excluding carboxylic acids is 2. The van der Waals surface area contributed by atoms with Crippen molar-refractivity contribution < 1.29 is 63.3 Å².